The van der Waals surface area contributed by atoms with E-state index in [1.807, 2.05) is 12.1 Å². The van der Waals surface area contributed by atoms with Gasteiger partial charge in [-0.05, 0) is 124 Å². The Morgan fingerprint density at radius 2 is 0.690 bits per heavy atom. The molecule has 11 aromatic carbocycles. The molecule has 0 aliphatic carbocycles. The van der Waals surface area contributed by atoms with Crippen LogP contribution < -0.4 is 0 Å². The first-order valence-corrected chi connectivity index (χ1v) is 19.9. The molecule has 0 unspecified atom stereocenters. The van der Waals surface area contributed by atoms with E-state index in [0.29, 0.717) is 0 Å². The van der Waals surface area contributed by atoms with Crippen molar-refractivity contribution in [3.8, 4) is 33.4 Å². The highest BCUT2D eigenvalue weighted by Crippen LogP contribution is 2.47. The van der Waals surface area contributed by atoms with E-state index in [2.05, 4.69) is 182 Å². The van der Waals surface area contributed by atoms with E-state index >= 15 is 0 Å². The lowest BCUT2D eigenvalue weighted by Crippen LogP contribution is -1.92. The Bertz CT molecular complexity index is 3650. The maximum atomic E-state index is 6.34. The smallest absolute Gasteiger partial charge is 0.136 e. The van der Waals surface area contributed by atoms with Crippen molar-refractivity contribution in [1.82, 2.24) is 0 Å². The van der Waals surface area contributed by atoms with Crippen molar-refractivity contribution in [2.75, 3.05) is 0 Å². The number of para-hydroxylation sites is 2. The maximum Gasteiger partial charge on any atom is 0.136 e. The van der Waals surface area contributed by atoms with Gasteiger partial charge in [0.05, 0.1) is 0 Å². The van der Waals surface area contributed by atoms with Crippen molar-refractivity contribution in [3.05, 3.63) is 194 Å². The van der Waals surface area contributed by atoms with Crippen LogP contribution in [0.3, 0.4) is 0 Å². The molecule has 0 saturated carbocycles. The largest absolute Gasteiger partial charge is 0.456 e. The van der Waals surface area contributed by atoms with Crippen molar-refractivity contribution < 1.29 is 8.83 Å². The first kappa shape index (κ1) is 31.5. The van der Waals surface area contributed by atoms with Crippen molar-refractivity contribution in [2.45, 2.75) is 0 Å². The predicted octanol–water partition coefficient (Wildman–Crippen LogP) is 16.3. The molecule has 58 heavy (non-hydrogen) atoms. The summed E-state index contributed by atoms with van der Waals surface area (Å²) >= 11 is 0. The van der Waals surface area contributed by atoms with Crippen molar-refractivity contribution in [1.29, 1.82) is 0 Å². The summed E-state index contributed by atoms with van der Waals surface area (Å²) in [5.41, 5.74) is 10.9. The molecule has 0 bridgehead atoms. The molecule has 0 amide bonds. The molecule has 2 aromatic heterocycles. The minimum absolute atomic E-state index is 0.911. The third-order valence-corrected chi connectivity index (χ3v) is 12.5. The van der Waals surface area contributed by atoms with E-state index in [4.69, 9.17) is 8.83 Å². The Balaban J connectivity index is 1.14. The van der Waals surface area contributed by atoms with Crippen LogP contribution in [0.1, 0.15) is 0 Å². The van der Waals surface area contributed by atoms with E-state index in [1.54, 1.807) is 0 Å². The van der Waals surface area contributed by atoms with Gasteiger partial charge in [-0.2, -0.15) is 0 Å². The second-order valence-corrected chi connectivity index (χ2v) is 15.5. The van der Waals surface area contributed by atoms with Crippen LogP contribution in [0.15, 0.2) is 203 Å². The summed E-state index contributed by atoms with van der Waals surface area (Å²) in [6.45, 7) is 0. The van der Waals surface area contributed by atoms with Gasteiger partial charge in [-0.1, -0.05) is 158 Å². The van der Waals surface area contributed by atoms with Gasteiger partial charge in [0.2, 0.25) is 0 Å². The van der Waals surface area contributed by atoms with Crippen molar-refractivity contribution in [2.24, 2.45) is 0 Å². The molecule has 0 fully saturated rings. The molecule has 2 heterocycles. The molecule has 13 rings (SSSR count). The highest BCUT2D eigenvalue weighted by atomic mass is 16.3. The summed E-state index contributed by atoms with van der Waals surface area (Å²) in [7, 11) is 0. The van der Waals surface area contributed by atoms with Crippen LogP contribution in [0.5, 0.6) is 0 Å². The number of rotatable bonds is 3. The molecule has 0 aliphatic heterocycles. The lowest BCUT2D eigenvalue weighted by atomic mass is 9.84. The number of benzene rings is 11. The first-order chi connectivity index (χ1) is 28.8. The molecular formula is C56H32O2. The molecule has 0 radical (unpaired) electrons. The third-order valence-electron chi connectivity index (χ3n) is 12.5. The Morgan fingerprint density at radius 1 is 0.241 bits per heavy atom. The summed E-state index contributed by atoms with van der Waals surface area (Å²) in [6.07, 6.45) is 0. The molecule has 13 aromatic rings. The zero-order valence-corrected chi connectivity index (χ0v) is 31.3. The number of hydrogen-bond acceptors (Lipinski definition) is 2. The van der Waals surface area contributed by atoms with Gasteiger partial charge in [-0.3, -0.25) is 0 Å². The van der Waals surface area contributed by atoms with Crippen LogP contribution in [-0.2, 0) is 0 Å². The fourth-order valence-corrected chi connectivity index (χ4v) is 9.92. The molecule has 2 nitrogen and oxygen atoms in total. The highest BCUT2D eigenvalue weighted by molar-refractivity contribution is 6.26. The van der Waals surface area contributed by atoms with E-state index in [-0.39, 0.29) is 0 Å². The van der Waals surface area contributed by atoms with Gasteiger partial charge >= 0.3 is 0 Å². The quantitative estimate of drug-likeness (QED) is 0.169. The van der Waals surface area contributed by atoms with Gasteiger partial charge in [0.25, 0.3) is 0 Å². The second-order valence-electron chi connectivity index (χ2n) is 15.5. The Morgan fingerprint density at radius 3 is 1.24 bits per heavy atom. The van der Waals surface area contributed by atoms with E-state index in [0.717, 1.165) is 43.9 Å². The Labute approximate surface area is 332 Å². The van der Waals surface area contributed by atoms with Crippen LogP contribution in [0.4, 0.5) is 0 Å². The lowest BCUT2D eigenvalue weighted by Gasteiger charge is -2.19. The van der Waals surface area contributed by atoms with E-state index < -0.39 is 0 Å². The van der Waals surface area contributed by atoms with Crippen molar-refractivity contribution in [3.63, 3.8) is 0 Å². The van der Waals surface area contributed by atoms with Crippen molar-refractivity contribution >= 4 is 97.7 Å². The zero-order valence-electron chi connectivity index (χ0n) is 31.3. The Hall–Kier alpha value is -7.68. The summed E-state index contributed by atoms with van der Waals surface area (Å²) in [5.74, 6) is 0. The summed E-state index contributed by atoms with van der Waals surface area (Å²) in [6, 6.07) is 70.6. The molecular weight excluding hydrogens is 705 g/mol. The molecule has 0 saturated heterocycles. The maximum absolute atomic E-state index is 6.34. The zero-order chi connectivity index (χ0) is 37.9. The summed E-state index contributed by atoms with van der Waals surface area (Å²) in [4.78, 5) is 0. The molecule has 268 valence electrons. The van der Waals surface area contributed by atoms with E-state index in [9.17, 15) is 0 Å². The summed E-state index contributed by atoms with van der Waals surface area (Å²) < 4.78 is 12.7. The normalized spacial score (nSPS) is 12.1. The van der Waals surface area contributed by atoms with E-state index in [1.165, 1.54) is 87.2 Å². The van der Waals surface area contributed by atoms with Crippen LogP contribution in [0.25, 0.3) is 131 Å². The second kappa shape index (κ2) is 11.9. The van der Waals surface area contributed by atoms with Gasteiger partial charge in [-0.25, -0.2) is 0 Å². The van der Waals surface area contributed by atoms with Gasteiger partial charge < -0.3 is 8.83 Å². The SMILES string of the molecule is c1ccc2cc(-c3c4cccc(-c5cccc6c5ccc5oc7ccccc7c56)c4cc4c(-c5cccc6c5ccc5oc7ccccc7c56)cccc34)ccc2c1. The average molecular weight is 737 g/mol. The van der Waals surface area contributed by atoms with Crippen LogP contribution >= 0.6 is 0 Å². The molecule has 0 spiro atoms. The number of hydrogen-bond donors (Lipinski definition) is 0. The number of fused-ring (bicyclic) bond motifs is 13. The van der Waals surface area contributed by atoms with Crippen LogP contribution in [0.2, 0.25) is 0 Å². The minimum atomic E-state index is 0.911. The molecule has 0 atom stereocenters. The fourth-order valence-electron chi connectivity index (χ4n) is 9.92. The van der Waals surface area contributed by atoms with Gasteiger partial charge in [0.1, 0.15) is 22.3 Å². The Kier molecular flexibility index (Phi) is 6.47. The van der Waals surface area contributed by atoms with Crippen LogP contribution in [-0.4, -0.2) is 0 Å². The molecule has 0 N–H and O–H groups in total. The first-order valence-electron chi connectivity index (χ1n) is 19.9. The predicted molar refractivity (Wildman–Crippen MR) is 245 cm³/mol. The summed E-state index contributed by atoms with van der Waals surface area (Å²) in [5, 5.41) is 16.8. The number of furan rings is 2. The monoisotopic (exact) mass is 736 g/mol. The van der Waals surface area contributed by atoms with Gasteiger partial charge in [0, 0.05) is 21.5 Å². The molecule has 2 heteroatoms. The topological polar surface area (TPSA) is 26.3 Å². The standard InChI is InChI=1S/C56H32O2/c1-2-12-34-31-35(26-25-33(34)11-1)54-44-21-9-17-38(36-15-7-19-42-40(36)27-29-52-55(42)46-13-3-5-23-50(46)57-52)48(44)32-49-39(18-10-22-45(49)54)37-16-8-20-43-41(37)28-30-53-56(43)47-14-4-6-24-51(47)58-53/h1-32H. The average Bonchev–Trinajstić information content (AvgIpc) is 3.86. The van der Waals surface area contributed by atoms with Crippen LogP contribution in [0, 0.1) is 0 Å². The molecule has 0 aliphatic rings. The fraction of sp³-hybridized carbons (Fsp3) is 0. The minimum Gasteiger partial charge on any atom is -0.456 e. The van der Waals surface area contributed by atoms with Gasteiger partial charge in [0.15, 0.2) is 0 Å². The lowest BCUT2D eigenvalue weighted by molar-refractivity contribution is 0.669. The third kappa shape index (κ3) is 4.43. The van der Waals surface area contributed by atoms with Gasteiger partial charge in [-0.15, -0.1) is 0 Å². The highest BCUT2D eigenvalue weighted by Gasteiger charge is 2.20.